The van der Waals surface area contributed by atoms with Crippen LogP contribution in [0, 0.1) is 23.1 Å². The first-order valence-electron chi connectivity index (χ1n) is 5.63. The molecule has 1 rings (SSSR count). The highest BCUT2D eigenvalue weighted by Crippen LogP contribution is 2.21. The third-order valence-corrected chi connectivity index (χ3v) is 2.22. The Kier molecular flexibility index (Phi) is 3.75. The Morgan fingerprint density at radius 1 is 1.19 bits per heavy atom. The van der Waals surface area contributed by atoms with E-state index < -0.39 is 0 Å². The van der Waals surface area contributed by atoms with Crippen LogP contribution < -0.4 is 0 Å². The van der Waals surface area contributed by atoms with Crippen molar-refractivity contribution in [2.24, 2.45) is 5.41 Å². The van der Waals surface area contributed by atoms with Gasteiger partial charge in [0.1, 0.15) is 5.82 Å². The fraction of sp³-hybridized carbons (Fsp3) is 0.467. The number of hydrogen-bond acceptors (Lipinski definition) is 0. The second-order valence-electron chi connectivity index (χ2n) is 5.36. The van der Waals surface area contributed by atoms with Gasteiger partial charge in [0.05, 0.1) is 5.56 Å². The number of hydrogen-bond donors (Lipinski definition) is 0. The zero-order valence-electron chi connectivity index (χ0n) is 10.7. The van der Waals surface area contributed by atoms with Gasteiger partial charge in [-0.05, 0) is 38.3 Å². The van der Waals surface area contributed by atoms with E-state index in [1.54, 1.807) is 6.07 Å². The average Bonchev–Trinajstić information content (AvgIpc) is 2.14. The van der Waals surface area contributed by atoms with Gasteiger partial charge in [-0.3, -0.25) is 0 Å². The fourth-order valence-electron chi connectivity index (χ4n) is 1.35. The van der Waals surface area contributed by atoms with Gasteiger partial charge >= 0.3 is 0 Å². The third-order valence-electron chi connectivity index (χ3n) is 2.22. The van der Waals surface area contributed by atoms with Crippen molar-refractivity contribution in [2.75, 3.05) is 0 Å². The molecule has 0 bridgehead atoms. The minimum atomic E-state index is -0.172. The van der Waals surface area contributed by atoms with Crippen LogP contribution >= 0.6 is 0 Å². The number of halogens is 1. The maximum absolute atomic E-state index is 14.0. The van der Waals surface area contributed by atoms with Gasteiger partial charge in [0.2, 0.25) is 0 Å². The largest absolute Gasteiger partial charge is 0.205 e. The van der Waals surface area contributed by atoms with Crippen molar-refractivity contribution in [1.82, 2.24) is 0 Å². The van der Waals surface area contributed by atoms with Gasteiger partial charge < -0.3 is 0 Å². The van der Waals surface area contributed by atoms with E-state index in [1.807, 2.05) is 46.8 Å². The SMILES string of the molecule is CC(C)c1cccc(C#CC(C)(C)C)c1F. The number of rotatable bonds is 1. The quantitative estimate of drug-likeness (QED) is 0.615. The summed E-state index contributed by atoms with van der Waals surface area (Å²) in [5.74, 6) is 6.00. The minimum Gasteiger partial charge on any atom is -0.205 e. The van der Waals surface area contributed by atoms with Crippen molar-refractivity contribution in [2.45, 2.75) is 40.5 Å². The van der Waals surface area contributed by atoms with Gasteiger partial charge in [-0.25, -0.2) is 4.39 Å². The van der Waals surface area contributed by atoms with E-state index in [0.29, 0.717) is 5.56 Å². The topological polar surface area (TPSA) is 0 Å². The molecule has 0 aliphatic carbocycles. The first-order valence-corrected chi connectivity index (χ1v) is 5.63. The maximum atomic E-state index is 14.0. The molecule has 0 aliphatic heterocycles. The van der Waals surface area contributed by atoms with Crippen molar-refractivity contribution in [1.29, 1.82) is 0 Å². The van der Waals surface area contributed by atoms with Gasteiger partial charge in [0.25, 0.3) is 0 Å². The monoisotopic (exact) mass is 218 g/mol. The molecule has 16 heavy (non-hydrogen) atoms. The van der Waals surface area contributed by atoms with Crippen LogP contribution in [0.1, 0.15) is 51.7 Å². The molecule has 0 spiro atoms. The van der Waals surface area contributed by atoms with Crippen molar-refractivity contribution >= 4 is 0 Å². The first-order chi connectivity index (χ1) is 7.31. The van der Waals surface area contributed by atoms with E-state index in [0.717, 1.165) is 5.56 Å². The second kappa shape index (κ2) is 4.70. The molecule has 0 heterocycles. The van der Waals surface area contributed by atoms with Crippen LogP contribution in [0.3, 0.4) is 0 Å². The first kappa shape index (κ1) is 12.8. The molecule has 1 aromatic carbocycles. The summed E-state index contributed by atoms with van der Waals surface area (Å²) in [6.07, 6.45) is 0. The molecule has 0 radical (unpaired) electrons. The lowest BCUT2D eigenvalue weighted by atomic mass is 9.96. The van der Waals surface area contributed by atoms with E-state index in [-0.39, 0.29) is 17.2 Å². The molecule has 0 nitrogen and oxygen atoms in total. The summed E-state index contributed by atoms with van der Waals surface area (Å²) in [6.45, 7) is 10.0. The molecule has 0 saturated carbocycles. The van der Waals surface area contributed by atoms with E-state index in [2.05, 4.69) is 11.8 Å². The lowest BCUT2D eigenvalue weighted by Gasteiger charge is -2.09. The van der Waals surface area contributed by atoms with Crippen LogP contribution in [-0.2, 0) is 0 Å². The molecule has 0 atom stereocenters. The van der Waals surface area contributed by atoms with Crippen molar-refractivity contribution in [3.63, 3.8) is 0 Å². The Bertz CT molecular complexity index is 425. The normalized spacial score (nSPS) is 11.2. The van der Waals surface area contributed by atoms with Crippen LogP contribution in [-0.4, -0.2) is 0 Å². The summed E-state index contributed by atoms with van der Waals surface area (Å²) in [6, 6.07) is 5.42. The zero-order chi connectivity index (χ0) is 12.3. The predicted octanol–water partition coefficient (Wildman–Crippen LogP) is 4.35. The third kappa shape index (κ3) is 3.38. The Balaban J connectivity index is 3.15. The summed E-state index contributed by atoms with van der Waals surface area (Å²) in [7, 11) is 0. The van der Waals surface area contributed by atoms with Gasteiger partial charge in [0, 0.05) is 5.41 Å². The highest BCUT2D eigenvalue weighted by molar-refractivity contribution is 5.40. The van der Waals surface area contributed by atoms with Crippen molar-refractivity contribution in [3.8, 4) is 11.8 Å². The van der Waals surface area contributed by atoms with Crippen LogP contribution in [0.2, 0.25) is 0 Å². The second-order valence-corrected chi connectivity index (χ2v) is 5.36. The summed E-state index contributed by atoms with van der Waals surface area (Å²) in [4.78, 5) is 0. The standard InChI is InChI=1S/C15H19F/c1-11(2)13-8-6-7-12(14(13)16)9-10-15(3,4)5/h6-8,11H,1-5H3. The van der Waals surface area contributed by atoms with Gasteiger partial charge in [-0.1, -0.05) is 37.8 Å². The van der Waals surface area contributed by atoms with E-state index >= 15 is 0 Å². The summed E-state index contributed by atoms with van der Waals surface area (Å²) in [5, 5.41) is 0. The fourth-order valence-corrected chi connectivity index (χ4v) is 1.35. The van der Waals surface area contributed by atoms with Crippen LogP contribution in [0.5, 0.6) is 0 Å². The highest BCUT2D eigenvalue weighted by Gasteiger charge is 2.10. The van der Waals surface area contributed by atoms with E-state index in [9.17, 15) is 4.39 Å². The Labute approximate surface area is 97.9 Å². The van der Waals surface area contributed by atoms with Crippen LogP contribution in [0.4, 0.5) is 4.39 Å². The number of benzene rings is 1. The van der Waals surface area contributed by atoms with E-state index in [4.69, 9.17) is 0 Å². The lowest BCUT2D eigenvalue weighted by molar-refractivity contribution is 0.570. The Morgan fingerprint density at radius 2 is 1.81 bits per heavy atom. The Morgan fingerprint density at radius 3 is 2.31 bits per heavy atom. The molecular weight excluding hydrogens is 199 g/mol. The molecule has 1 aromatic rings. The molecule has 0 aromatic heterocycles. The molecule has 86 valence electrons. The molecular formula is C15H19F. The smallest absolute Gasteiger partial charge is 0.142 e. The summed E-state index contributed by atoms with van der Waals surface area (Å²) >= 11 is 0. The summed E-state index contributed by atoms with van der Waals surface area (Å²) in [5.41, 5.74) is 1.14. The maximum Gasteiger partial charge on any atom is 0.142 e. The predicted molar refractivity (Wildman–Crippen MR) is 66.8 cm³/mol. The lowest BCUT2D eigenvalue weighted by Crippen LogP contribution is -2.00. The molecule has 0 fully saturated rings. The van der Waals surface area contributed by atoms with Gasteiger partial charge in [-0.15, -0.1) is 0 Å². The van der Waals surface area contributed by atoms with Crippen LogP contribution in [0.25, 0.3) is 0 Å². The molecule has 0 N–H and O–H groups in total. The molecule has 0 aliphatic rings. The molecule has 0 unspecified atom stereocenters. The Hall–Kier alpha value is -1.29. The summed E-state index contributed by atoms with van der Waals surface area (Å²) < 4.78 is 14.0. The average molecular weight is 218 g/mol. The van der Waals surface area contributed by atoms with Gasteiger partial charge in [0.15, 0.2) is 0 Å². The minimum absolute atomic E-state index is 0.0969. The zero-order valence-corrected chi connectivity index (χ0v) is 10.7. The van der Waals surface area contributed by atoms with Crippen LogP contribution in [0.15, 0.2) is 18.2 Å². The van der Waals surface area contributed by atoms with E-state index in [1.165, 1.54) is 0 Å². The van der Waals surface area contributed by atoms with Crippen molar-refractivity contribution in [3.05, 3.63) is 35.1 Å². The molecule has 0 amide bonds. The molecule has 1 heteroatoms. The van der Waals surface area contributed by atoms with Gasteiger partial charge in [-0.2, -0.15) is 0 Å². The highest BCUT2D eigenvalue weighted by atomic mass is 19.1. The molecule has 0 saturated heterocycles. The van der Waals surface area contributed by atoms with Crippen molar-refractivity contribution < 1.29 is 4.39 Å².